The molecule has 0 radical (unpaired) electrons. The fourth-order valence-corrected chi connectivity index (χ4v) is 1.28. The minimum atomic E-state index is -0.996. The van der Waals surface area contributed by atoms with E-state index in [0.29, 0.717) is 11.1 Å². The smallest absolute Gasteiger partial charge is 0.327 e. The predicted octanol–water partition coefficient (Wildman–Crippen LogP) is 1.08. The summed E-state index contributed by atoms with van der Waals surface area (Å²) in [6.07, 6.45) is 0. The summed E-state index contributed by atoms with van der Waals surface area (Å²) >= 11 is 0. The lowest BCUT2D eigenvalue weighted by Crippen LogP contribution is -2.22. The summed E-state index contributed by atoms with van der Waals surface area (Å²) in [7, 11) is 1.21. The zero-order valence-electron chi connectivity index (χ0n) is 8.97. The number of carbonyl (C=O) groups excluding carboxylic acids is 1. The lowest BCUT2D eigenvalue weighted by molar-refractivity contribution is -0.385. The second-order valence-corrected chi connectivity index (χ2v) is 3.30. The second-order valence-electron chi connectivity index (χ2n) is 3.30. The number of nitro groups is 1. The van der Waals surface area contributed by atoms with Crippen LogP contribution in [0.5, 0.6) is 0 Å². The van der Waals surface area contributed by atoms with Gasteiger partial charge in [-0.25, -0.2) is 0 Å². The van der Waals surface area contributed by atoms with Crippen molar-refractivity contribution in [3.63, 3.8) is 0 Å². The minimum Gasteiger partial charge on any atom is -0.468 e. The van der Waals surface area contributed by atoms with Crippen LogP contribution in [0.4, 0.5) is 5.69 Å². The number of carbonyl (C=O) groups is 1. The number of methoxy groups -OCH3 is 1. The third kappa shape index (κ3) is 2.34. The Labute approximate surface area is 92.2 Å². The first-order valence-corrected chi connectivity index (χ1v) is 4.55. The molecule has 0 heterocycles. The maximum absolute atomic E-state index is 11.2. The number of nitrogens with two attached hydrogens (primary N) is 1. The van der Waals surface area contributed by atoms with Gasteiger partial charge in [-0.05, 0) is 12.5 Å². The molecule has 6 heteroatoms. The number of hydrogen-bond donors (Lipinski definition) is 1. The van der Waals surface area contributed by atoms with Crippen molar-refractivity contribution in [3.8, 4) is 0 Å². The molecule has 6 nitrogen and oxygen atoms in total. The van der Waals surface area contributed by atoms with Crippen molar-refractivity contribution < 1.29 is 14.5 Å². The van der Waals surface area contributed by atoms with Crippen molar-refractivity contribution in [1.29, 1.82) is 0 Å². The Balaban J connectivity index is 3.12. The molecular formula is C10H12N2O4. The van der Waals surface area contributed by atoms with Gasteiger partial charge in [0.05, 0.1) is 12.0 Å². The minimum absolute atomic E-state index is 0.0585. The number of aryl methyl sites for hydroxylation is 1. The lowest BCUT2D eigenvalue weighted by atomic mass is 10.0. The first-order valence-electron chi connectivity index (χ1n) is 4.55. The van der Waals surface area contributed by atoms with Crippen LogP contribution in [0.2, 0.25) is 0 Å². The van der Waals surface area contributed by atoms with Gasteiger partial charge >= 0.3 is 5.97 Å². The van der Waals surface area contributed by atoms with Gasteiger partial charge in [0.2, 0.25) is 0 Å². The van der Waals surface area contributed by atoms with E-state index in [4.69, 9.17) is 5.73 Å². The molecule has 0 fully saturated rings. The molecule has 1 aromatic carbocycles. The van der Waals surface area contributed by atoms with Gasteiger partial charge in [0.25, 0.3) is 5.69 Å². The Bertz CT molecular complexity index is 431. The molecule has 1 atom stereocenters. The van der Waals surface area contributed by atoms with Gasteiger partial charge in [0, 0.05) is 11.6 Å². The highest BCUT2D eigenvalue weighted by molar-refractivity contribution is 5.77. The molecule has 1 aromatic rings. The third-order valence-corrected chi connectivity index (χ3v) is 2.24. The van der Waals surface area contributed by atoms with E-state index in [0.717, 1.165) is 0 Å². The monoisotopic (exact) mass is 224 g/mol. The highest BCUT2D eigenvalue weighted by atomic mass is 16.6. The van der Waals surface area contributed by atoms with Crippen molar-refractivity contribution in [3.05, 3.63) is 39.4 Å². The summed E-state index contributed by atoms with van der Waals surface area (Å²) in [5, 5.41) is 10.7. The standard InChI is InChI=1S/C10H12N2O4/c1-6-3-4-7(5-8(6)12(14)15)9(11)10(13)16-2/h3-5,9H,11H2,1-2H3. The van der Waals surface area contributed by atoms with E-state index in [1.165, 1.54) is 13.2 Å². The molecule has 0 spiro atoms. The Morgan fingerprint density at radius 2 is 2.19 bits per heavy atom. The zero-order valence-corrected chi connectivity index (χ0v) is 8.97. The van der Waals surface area contributed by atoms with Crippen molar-refractivity contribution >= 4 is 11.7 Å². The first kappa shape index (κ1) is 12.1. The van der Waals surface area contributed by atoms with Crippen molar-refractivity contribution in [2.24, 2.45) is 5.73 Å². The van der Waals surface area contributed by atoms with E-state index in [2.05, 4.69) is 4.74 Å². The van der Waals surface area contributed by atoms with Crippen LogP contribution in [-0.4, -0.2) is 18.0 Å². The van der Waals surface area contributed by atoms with Crippen LogP contribution < -0.4 is 5.73 Å². The number of nitrogens with zero attached hydrogens (tertiary/aromatic N) is 1. The summed E-state index contributed by atoms with van der Waals surface area (Å²) < 4.78 is 4.46. The molecule has 0 saturated heterocycles. The van der Waals surface area contributed by atoms with Crippen LogP contribution in [0.1, 0.15) is 17.2 Å². The SMILES string of the molecule is COC(=O)C(N)c1ccc(C)c([N+](=O)[O-])c1. The van der Waals surface area contributed by atoms with Gasteiger partial charge in [-0.1, -0.05) is 12.1 Å². The lowest BCUT2D eigenvalue weighted by Gasteiger charge is -2.09. The second kappa shape index (κ2) is 4.71. The zero-order chi connectivity index (χ0) is 12.3. The number of benzene rings is 1. The molecule has 0 aliphatic rings. The first-order chi connectivity index (χ1) is 7.47. The van der Waals surface area contributed by atoms with E-state index < -0.39 is 16.9 Å². The topological polar surface area (TPSA) is 95.5 Å². The molecule has 0 bridgehead atoms. The quantitative estimate of drug-likeness (QED) is 0.470. The number of hydrogen-bond acceptors (Lipinski definition) is 5. The Morgan fingerprint density at radius 1 is 1.56 bits per heavy atom. The van der Waals surface area contributed by atoms with Gasteiger partial charge in [-0.3, -0.25) is 14.9 Å². The molecule has 0 saturated carbocycles. The van der Waals surface area contributed by atoms with Gasteiger partial charge in [0.1, 0.15) is 6.04 Å². The Kier molecular flexibility index (Phi) is 3.57. The van der Waals surface area contributed by atoms with Crippen molar-refractivity contribution in [2.75, 3.05) is 7.11 Å². The molecule has 1 unspecified atom stereocenters. The van der Waals surface area contributed by atoms with E-state index in [1.54, 1.807) is 19.1 Å². The highest BCUT2D eigenvalue weighted by Crippen LogP contribution is 2.22. The van der Waals surface area contributed by atoms with Crippen LogP contribution in [0.3, 0.4) is 0 Å². The van der Waals surface area contributed by atoms with Gasteiger partial charge in [0.15, 0.2) is 0 Å². The van der Waals surface area contributed by atoms with Gasteiger partial charge in [-0.15, -0.1) is 0 Å². The maximum Gasteiger partial charge on any atom is 0.327 e. The van der Waals surface area contributed by atoms with Gasteiger partial charge in [-0.2, -0.15) is 0 Å². The van der Waals surface area contributed by atoms with Crippen LogP contribution >= 0.6 is 0 Å². The summed E-state index contributed by atoms with van der Waals surface area (Å²) in [5.41, 5.74) is 6.40. The highest BCUT2D eigenvalue weighted by Gasteiger charge is 2.20. The molecule has 16 heavy (non-hydrogen) atoms. The number of ether oxygens (including phenoxy) is 1. The van der Waals surface area contributed by atoms with E-state index >= 15 is 0 Å². The number of esters is 1. The molecule has 86 valence electrons. The molecule has 0 amide bonds. The summed E-state index contributed by atoms with van der Waals surface area (Å²) in [5.74, 6) is -0.627. The largest absolute Gasteiger partial charge is 0.468 e. The van der Waals surface area contributed by atoms with E-state index in [9.17, 15) is 14.9 Å². The van der Waals surface area contributed by atoms with Crippen molar-refractivity contribution in [2.45, 2.75) is 13.0 Å². The average molecular weight is 224 g/mol. The molecule has 0 aliphatic heterocycles. The third-order valence-electron chi connectivity index (χ3n) is 2.24. The predicted molar refractivity (Wildman–Crippen MR) is 56.8 cm³/mol. The fourth-order valence-electron chi connectivity index (χ4n) is 1.28. The average Bonchev–Trinajstić information content (AvgIpc) is 2.27. The maximum atomic E-state index is 11.2. The number of rotatable bonds is 3. The van der Waals surface area contributed by atoms with E-state index in [1.807, 2.05) is 0 Å². The van der Waals surface area contributed by atoms with Crippen LogP contribution in [0, 0.1) is 17.0 Å². The summed E-state index contributed by atoms with van der Waals surface area (Å²) in [6, 6.07) is 3.42. The normalized spacial score (nSPS) is 11.9. The van der Waals surface area contributed by atoms with E-state index in [-0.39, 0.29) is 5.69 Å². The molecule has 0 aliphatic carbocycles. The molecular weight excluding hydrogens is 212 g/mol. The molecule has 0 aromatic heterocycles. The van der Waals surface area contributed by atoms with Gasteiger partial charge < -0.3 is 10.5 Å². The summed E-state index contributed by atoms with van der Waals surface area (Å²) in [6.45, 7) is 1.62. The van der Waals surface area contributed by atoms with Crippen LogP contribution in [0.25, 0.3) is 0 Å². The summed E-state index contributed by atoms with van der Waals surface area (Å²) in [4.78, 5) is 21.3. The molecule has 1 rings (SSSR count). The molecule has 2 N–H and O–H groups in total. The van der Waals surface area contributed by atoms with Crippen molar-refractivity contribution in [1.82, 2.24) is 0 Å². The fraction of sp³-hybridized carbons (Fsp3) is 0.300. The Hall–Kier alpha value is -1.95. The number of nitro benzene ring substituents is 1. The van der Waals surface area contributed by atoms with Crippen LogP contribution in [-0.2, 0) is 9.53 Å². The Morgan fingerprint density at radius 3 is 2.69 bits per heavy atom. The van der Waals surface area contributed by atoms with Crippen LogP contribution in [0.15, 0.2) is 18.2 Å².